The molecule has 0 aliphatic carbocycles. The van der Waals surface area contributed by atoms with Gasteiger partial charge in [-0.3, -0.25) is 4.79 Å². The molecule has 0 atom stereocenters. The number of amides is 1. The predicted octanol–water partition coefficient (Wildman–Crippen LogP) is 3.68. The Labute approximate surface area is 152 Å². The van der Waals surface area contributed by atoms with Gasteiger partial charge in [0.1, 0.15) is 0 Å². The molecule has 2 fully saturated rings. The van der Waals surface area contributed by atoms with Crippen molar-refractivity contribution in [2.45, 2.75) is 25.7 Å². The summed E-state index contributed by atoms with van der Waals surface area (Å²) in [5.74, 6) is 0.215. The van der Waals surface area contributed by atoms with E-state index in [2.05, 4.69) is 31.1 Å². The van der Waals surface area contributed by atoms with Crippen molar-refractivity contribution in [2.75, 3.05) is 24.5 Å². The van der Waals surface area contributed by atoms with Crippen LogP contribution in [-0.2, 0) is 4.79 Å². The highest BCUT2D eigenvalue weighted by Gasteiger charge is 2.43. The lowest BCUT2D eigenvalue weighted by atomic mass is 9.72. The third-order valence-electron chi connectivity index (χ3n) is 5.32. The number of piperidine rings is 2. The first-order chi connectivity index (χ1) is 11.6. The molecule has 1 spiro atoms. The number of fused-ring (bicyclic) bond motifs is 1. The van der Waals surface area contributed by atoms with E-state index >= 15 is 0 Å². The summed E-state index contributed by atoms with van der Waals surface area (Å²) < 4.78 is 15.3. The SMILES string of the molecule is O=C1NCCCC12CCN(c1c(Br)cnc3c1ccn3SF)CC2. The molecule has 24 heavy (non-hydrogen) atoms. The van der Waals surface area contributed by atoms with Crippen molar-refractivity contribution in [3.05, 3.63) is 22.9 Å². The van der Waals surface area contributed by atoms with Crippen LogP contribution in [0.4, 0.5) is 9.57 Å². The van der Waals surface area contributed by atoms with Gasteiger partial charge in [0.15, 0.2) is 18.0 Å². The number of hydrogen-bond donors (Lipinski definition) is 1. The number of pyridine rings is 1. The Balaban J connectivity index is 1.64. The van der Waals surface area contributed by atoms with Crippen LogP contribution < -0.4 is 10.2 Å². The van der Waals surface area contributed by atoms with Gasteiger partial charge in [-0.2, -0.15) is 0 Å². The molecule has 1 amide bonds. The Morgan fingerprint density at radius 2 is 2.12 bits per heavy atom. The Morgan fingerprint density at radius 1 is 1.33 bits per heavy atom. The first-order valence-electron chi connectivity index (χ1n) is 8.12. The zero-order valence-corrected chi connectivity index (χ0v) is 15.5. The van der Waals surface area contributed by atoms with Gasteiger partial charge in [0, 0.05) is 37.4 Å². The quantitative estimate of drug-likeness (QED) is 0.817. The van der Waals surface area contributed by atoms with E-state index in [1.807, 2.05) is 6.07 Å². The van der Waals surface area contributed by atoms with E-state index in [-0.39, 0.29) is 23.7 Å². The predicted molar refractivity (Wildman–Crippen MR) is 97.7 cm³/mol. The fourth-order valence-corrected chi connectivity index (χ4v) is 4.85. The van der Waals surface area contributed by atoms with E-state index < -0.39 is 0 Å². The molecule has 0 aromatic carbocycles. The zero-order chi connectivity index (χ0) is 16.7. The normalized spacial score (nSPS) is 20.6. The molecule has 1 N–H and O–H groups in total. The topological polar surface area (TPSA) is 50.2 Å². The van der Waals surface area contributed by atoms with Crippen molar-refractivity contribution in [3.8, 4) is 0 Å². The van der Waals surface area contributed by atoms with E-state index in [1.54, 1.807) is 12.4 Å². The molecule has 2 aromatic rings. The molecule has 0 radical (unpaired) electrons. The highest BCUT2D eigenvalue weighted by molar-refractivity contribution is 9.10. The van der Waals surface area contributed by atoms with Crippen LogP contribution in [0.5, 0.6) is 0 Å². The van der Waals surface area contributed by atoms with E-state index in [0.29, 0.717) is 5.65 Å². The molecule has 5 nitrogen and oxygen atoms in total. The summed E-state index contributed by atoms with van der Waals surface area (Å²) >= 11 is 3.74. The monoisotopic (exact) mass is 412 g/mol. The van der Waals surface area contributed by atoms with Gasteiger partial charge >= 0.3 is 0 Å². The number of aromatic nitrogens is 2. The second kappa shape index (κ2) is 6.22. The summed E-state index contributed by atoms with van der Waals surface area (Å²) in [6.45, 7) is 2.44. The fraction of sp³-hybridized carbons (Fsp3) is 0.500. The molecule has 4 heterocycles. The summed E-state index contributed by atoms with van der Waals surface area (Å²) in [6.07, 6.45) is 7.17. The summed E-state index contributed by atoms with van der Waals surface area (Å²) in [5, 5.41) is 3.95. The van der Waals surface area contributed by atoms with E-state index in [9.17, 15) is 8.68 Å². The van der Waals surface area contributed by atoms with Gasteiger partial charge in [0.05, 0.1) is 15.6 Å². The van der Waals surface area contributed by atoms with Crippen molar-refractivity contribution in [2.24, 2.45) is 5.41 Å². The first kappa shape index (κ1) is 16.2. The second-order valence-corrected chi connectivity index (χ2v) is 7.92. The van der Waals surface area contributed by atoms with Gasteiger partial charge in [-0.25, -0.2) is 8.96 Å². The molecule has 0 unspecified atom stereocenters. The smallest absolute Gasteiger partial charge is 0.226 e. The standard InChI is InChI=1S/C16H18BrFN4OS/c17-12-10-20-14-11(2-7-22(14)24-18)13(12)21-8-4-16(5-9-21)3-1-6-19-15(16)23/h2,7,10H,1,3-6,8-9H2,(H,19,23). The number of nitrogens with one attached hydrogen (secondary N) is 1. The third-order valence-corrected chi connectivity index (χ3v) is 6.34. The minimum absolute atomic E-state index is 0.151. The highest BCUT2D eigenvalue weighted by atomic mass is 79.9. The zero-order valence-electron chi connectivity index (χ0n) is 13.1. The number of rotatable bonds is 2. The first-order valence-corrected chi connectivity index (χ1v) is 9.59. The minimum atomic E-state index is -0.200. The summed E-state index contributed by atoms with van der Waals surface area (Å²) in [7, 11) is 0. The maximum Gasteiger partial charge on any atom is 0.226 e. The molecule has 2 aliphatic rings. The minimum Gasteiger partial charge on any atom is -0.370 e. The van der Waals surface area contributed by atoms with Gasteiger partial charge in [0.25, 0.3) is 0 Å². The lowest BCUT2D eigenvalue weighted by Gasteiger charge is -2.43. The van der Waals surface area contributed by atoms with Crippen molar-refractivity contribution >= 4 is 50.9 Å². The van der Waals surface area contributed by atoms with Gasteiger partial charge < -0.3 is 10.2 Å². The average Bonchev–Trinajstić information content (AvgIpc) is 3.02. The highest BCUT2D eigenvalue weighted by Crippen LogP contribution is 2.42. The molecule has 128 valence electrons. The maximum atomic E-state index is 13.0. The molecule has 8 heteroatoms. The fourth-order valence-electron chi connectivity index (χ4n) is 3.97. The van der Waals surface area contributed by atoms with Crippen LogP contribution >= 0.6 is 28.3 Å². The van der Waals surface area contributed by atoms with E-state index in [1.165, 1.54) is 3.97 Å². The number of nitrogens with zero attached hydrogens (tertiary/aromatic N) is 3. The van der Waals surface area contributed by atoms with Crippen molar-refractivity contribution in [3.63, 3.8) is 0 Å². The second-order valence-electron chi connectivity index (χ2n) is 6.53. The molecule has 4 rings (SSSR count). The maximum absolute atomic E-state index is 13.0. The van der Waals surface area contributed by atoms with Crippen molar-refractivity contribution in [1.82, 2.24) is 14.3 Å². The largest absolute Gasteiger partial charge is 0.370 e. The van der Waals surface area contributed by atoms with E-state index in [0.717, 1.165) is 60.9 Å². The van der Waals surface area contributed by atoms with Crippen molar-refractivity contribution in [1.29, 1.82) is 0 Å². The lowest BCUT2D eigenvalue weighted by molar-refractivity contribution is -0.134. The Morgan fingerprint density at radius 3 is 2.83 bits per heavy atom. The van der Waals surface area contributed by atoms with Gasteiger partial charge in [-0.1, -0.05) is 0 Å². The molecule has 2 aliphatic heterocycles. The van der Waals surface area contributed by atoms with Crippen LogP contribution in [-0.4, -0.2) is 34.5 Å². The third kappa shape index (κ3) is 2.50. The van der Waals surface area contributed by atoms with Gasteiger partial charge in [-0.05, 0) is 47.7 Å². The van der Waals surface area contributed by atoms with Crippen LogP contribution in [0.3, 0.4) is 0 Å². The molecule has 2 aromatic heterocycles. The van der Waals surface area contributed by atoms with Crippen molar-refractivity contribution < 1.29 is 8.68 Å². The van der Waals surface area contributed by atoms with E-state index in [4.69, 9.17) is 0 Å². The Hall–Kier alpha value is -1.28. The molecule has 0 bridgehead atoms. The van der Waals surface area contributed by atoms with Crippen LogP contribution in [0.25, 0.3) is 11.0 Å². The van der Waals surface area contributed by atoms with Crippen LogP contribution in [0.1, 0.15) is 25.7 Å². The summed E-state index contributed by atoms with van der Waals surface area (Å²) in [5.41, 5.74) is 1.46. The number of anilines is 1. The molecular weight excluding hydrogens is 395 g/mol. The number of halogens is 2. The lowest BCUT2D eigenvalue weighted by Crippen LogP contribution is -2.52. The molecule has 2 saturated heterocycles. The van der Waals surface area contributed by atoms with Crippen LogP contribution in [0, 0.1) is 5.41 Å². The van der Waals surface area contributed by atoms with Gasteiger partial charge in [-0.15, -0.1) is 3.89 Å². The summed E-state index contributed by atoms with van der Waals surface area (Å²) in [4.78, 5) is 19.0. The summed E-state index contributed by atoms with van der Waals surface area (Å²) in [6, 6.07) is 1.90. The number of carbonyl (C=O) groups excluding carboxylic acids is 1. The molecular formula is C16H18BrFN4OS. The number of carbonyl (C=O) groups is 1. The molecule has 0 saturated carbocycles. The Kier molecular flexibility index (Phi) is 4.20. The average molecular weight is 413 g/mol. The van der Waals surface area contributed by atoms with Gasteiger partial charge in [0.2, 0.25) is 5.91 Å². The Bertz CT molecular complexity index is 788. The van der Waals surface area contributed by atoms with Crippen LogP contribution in [0.15, 0.2) is 22.9 Å². The number of hydrogen-bond acceptors (Lipinski definition) is 4. The van der Waals surface area contributed by atoms with Crippen LogP contribution in [0.2, 0.25) is 0 Å².